The van der Waals surface area contributed by atoms with Crippen molar-refractivity contribution >= 4 is 22.9 Å². The van der Waals surface area contributed by atoms with E-state index in [1.807, 2.05) is 0 Å². The number of amides is 2. The predicted molar refractivity (Wildman–Crippen MR) is 135 cm³/mol. The molecule has 3 aromatic rings. The summed E-state index contributed by atoms with van der Waals surface area (Å²) in [5.74, 6) is -1.97. The lowest BCUT2D eigenvalue weighted by atomic mass is 9.70. The zero-order valence-electron chi connectivity index (χ0n) is 21.4. The zero-order chi connectivity index (χ0) is 27.2. The van der Waals surface area contributed by atoms with Crippen LogP contribution in [0.4, 0.5) is 18.0 Å². The molecule has 38 heavy (non-hydrogen) atoms. The fourth-order valence-corrected chi connectivity index (χ4v) is 5.12. The van der Waals surface area contributed by atoms with E-state index in [9.17, 15) is 22.8 Å². The van der Waals surface area contributed by atoms with Crippen molar-refractivity contribution < 1.29 is 32.2 Å². The van der Waals surface area contributed by atoms with Crippen molar-refractivity contribution in [3.8, 4) is 11.3 Å². The van der Waals surface area contributed by atoms with E-state index in [4.69, 9.17) is 9.47 Å². The van der Waals surface area contributed by atoms with Gasteiger partial charge in [0.25, 0.3) is 5.91 Å². The smallest absolute Gasteiger partial charge is 0.408 e. The minimum absolute atomic E-state index is 0.00668. The first-order valence-corrected chi connectivity index (χ1v) is 12.6. The van der Waals surface area contributed by atoms with Crippen LogP contribution in [0.3, 0.4) is 0 Å². The maximum Gasteiger partial charge on any atom is 0.408 e. The Labute approximate surface area is 218 Å². The predicted octanol–water partition coefficient (Wildman–Crippen LogP) is 5.16. The molecule has 0 bridgehead atoms. The number of benzene rings is 2. The first kappa shape index (κ1) is 26.1. The SMILES string of the molecule is CC(C)(C)OC(=O)NC1(C(=O)NCC2CC(c3c(-c4ccc(F)cc4)[nH]c4c(F)cc(F)cc34)C2)COC1. The second kappa shape index (κ2) is 9.65. The molecule has 0 unspecified atom stereocenters. The first-order valence-electron chi connectivity index (χ1n) is 12.6. The van der Waals surface area contributed by atoms with E-state index in [2.05, 4.69) is 15.6 Å². The van der Waals surface area contributed by atoms with Gasteiger partial charge in [-0.3, -0.25) is 4.79 Å². The van der Waals surface area contributed by atoms with Crippen LogP contribution in [0.15, 0.2) is 36.4 Å². The van der Waals surface area contributed by atoms with Gasteiger partial charge >= 0.3 is 6.09 Å². The van der Waals surface area contributed by atoms with Crippen molar-refractivity contribution in [1.82, 2.24) is 15.6 Å². The van der Waals surface area contributed by atoms with Gasteiger partial charge in [-0.1, -0.05) is 0 Å². The van der Waals surface area contributed by atoms with Crippen molar-refractivity contribution in [1.29, 1.82) is 0 Å². The number of aromatic nitrogens is 1. The van der Waals surface area contributed by atoms with E-state index in [1.165, 1.54) is 18.2 Å². The molecular weight excluding hydrogens is 499 g/mol. The van der Waals surface area contributed by atoms with Gasteiger partial charge < -0.3 is 25.1 Å². The fraction of sp³-hybridized carbons (Fsp3) is 0.429. The minimum Gasteiger partial charge on any atom is -0.444 e. The number of halogens is 3. The van der Waals surface area contributed by atoms with Crippen molar-refractivity contribution in [2.75, 3.05) is 19.8 Å². The fourth-order valence-electron chi connectivity index (χ4n) is 5.12. The number of rotatable bonds is 6. The van der Waals surface area contributed by atoms with E-state index >= 15 is 0 Å². The number of hydrogen-bond acceptors (Lipinski definition) is 4. The number of carbonyl (C=O) groups is 2. The summed E-state index contributed by atoms with van der Waals surface area (Å²) in [4.78, 5) is 28.2. The van der Waals surface area contributed by atoms with Crippen LogP contribution in [-0.2, 0) is 14.3 Å². The average Bonchev–Trinajstić information content (AvgIpc) is 3.13. The summed E-state index contributed by atoms with van der Waals surface area (Å²) in [6.45, 7) is 5.70. The highest BCUT2D eigenvalue weighted by Gasteiger charge is 2.48. The lowest BCUT2D eigenvalue weighted by Gasteiger charge is -2.41. The number of H-pyrrole nitrogens is 1. The molecule has 5 rings (SSSR count). The summed E-state index contributed by atoms with van der Waals surface area (Å²) < 4.78 is 52.8. The van der Waals surface area contributed by atoms with Gasteiger partial charge in [0.2, 0.25) is 0 Å². The highest BCUT2D eigenvalue weighted by Crippen LogP contribution is 2.48. The topological polar surface area (TPSA) is 92.5 Å². The maximum absolute atomic E-state index is 14.6. The third-order valence-electron chi connectivity index (χ3n) is 7.06. The number of nitrogens with one attached hydrogen (secondary N) is 3. The molecule has 7 nitrogen and oxygen atoms in total. The molecule has 1 aliphatic heterocycles. The van der Waals surface area contributed by atoms with Gasteiger partial charge in [-0.25, -0.2) is 18.0 Å². The summed E-state index contributed by atoms with van der Waals surface area (Å²) >= 11 is 0. The van der Waals surface area contributed by atoms with Crippen molar-refractivity contribution in [3.63, 3.8) is 0 Å². The van der Waals surface area contributed by atoms with Crippen molar-refractivity contribution in [3.05, 3.63) is 59.4 Å². The Morgan fingerprint density at radius 1 is 1.08 bits per heavy atom. The van der Waals surface area contributed by atoms with E-state index in [0.29, 0.717) is 36.0 Å². The third kappa shape index (κ3) is 5.09. The lowest BCUT2D eigenvalue weighted by molar-refractivity contribution is -0.148. The molecule has 1 aliphatic carbocycles. The van der Waals surface area contributed by atoms with Crippen LogP contribution in [0.2, 0.25) is 0 Å². The van der Waals surface area contributed by atoms with Gasteiger partial charge in [0, 0.05) is 18.0 Å². The van der Waals surface area contributed by atoms with Crippen molar-refractivity contribution in [2.45, 2.75) is 50.7 Å². The number of alkyl carbamates (subject to hydrolysis) is 1. The molecule has 2 fully saturated rings. The first-order chi connectivity index (χ1) is 17.9. The largest absolute Gasteiger partial charge is 0.444 e. The molecule has 2 aliphatic rings. The highest BCUT2D eigenvalue weighted by atomic mass is 19.1. The summed E-state index contributed by atoms with van der Waals surface area (Å²) in [7, 11) is 0. The van der Waals surface area contributed by atoms with E-state index < -0.39 is 28.9 Å². The van der Waals surface area contributed by atoms with Crippen LogP contribution in [0, 0.1) is 23.4 Å². The normalized spacial score (nSPS) is 20.4. The van der Waals surface area contributed by atoms with E-state index in [1.54, 1.807) is 32.9 Å². The van der Waals surface area contributed by atoms with Gasteiger partial charge in [0.1, 0.15) is 23.1 Å². The number of hydrogen-bond donors (Lipinski definition) is 3. The molecule has 2 amide bonds. The molecule has 1 saturated carbocycles. The molecule has 1 saturated heterocycles. The molecule has 0 radical (unpaired) electrons. The monoisotopic (exact) mass is 529 g/mol. The molecule has 202 valence electrons. The second-order valence-corrected chi connectivity index (χ2v) is 11.2. The second-order valence-electron chi connectivity index (χ2n) is 11.2. The number of fused-ring (bicyclic) bond motifs is 1. The minimum atomic E-state index is -1.17. The maximum atomic E-state index is 14.6. The molecule has 1 aromatic heterocycles. The van der Waals surface area contributed by atoms with E-state index in [-0.39, 0.29) is 42.3 Å². The lowest BCUT2D eigenvalue weighted by Crippen LogP contribution is -2.70. The third-order valence-corrected chi connectivity index (χ3v) is 7.06. The van der Waals surface area contributed by atoms with Crippen LogP contribution in [-0.4, -0.2) is 47.9 Å². The van der Waals surface area contributed by atoms with Crippen LogP contribution in [0.1, 0.15) is 45.1 Å². The molecule has 0 atom stereocenters. The Bertz CT molecular complexity index is 1370. The molecule has 2 aromatic carbocycles. The Hall–Kier alpha value is -3.53. The van der Waals surface area contributed by atoms with Crippen LogP contribution < -0.4 is 10.6 Å². The Balaban J connectivity index is 1.28. The molecule has 10 heteroatoms. The zero-order valence-corrected chi connectivity index (χ0v) is 21.4. The number of ether oxygens (including phenoxy) is 2. The van der Waals surface area contributed by atoms with Gasteiger partial charge in [-0.15, -0.1) is 0 Å². The van der Waals surface area contributed by atoms with Gasteiger partial charge in [0.05, 0.1) is 24.4 Å². The number of carbonyl (C=O) groups excluding carboxylic acids is 2. The summed E-state index contributed by atoms with van der Waals surface area (Å²) in [5.41, 5.74) is 0.417. The average molecular weight is 530 g/mol. The van der Waals surface area contributed by atoms with Crippen molar-refractivity contribution in [2.24, 2.45) is 5.92 Å². The van der Waals surface area contributed by atoms with Crippen LogP contribution in [0.5, 0.6) is 0 Å². The van der Waals surface area contributed by atoms with Gasteiger partial charge in [-0.05, 0) is 86.9 Å². The quantitative estimate of drug-likeness (QED) is 0.412. The standard InChI is InChI=1S/C28H30F3N3O4/c1-27(2,3)38-26(36)34-28(13-37-14-28)25(35)32-12-15-8-17(9-15)22-20-10-19(30)11-21(31)24(20)33-23(22)16-4-6-18(29)7-5-16/h4-7,10-11,15,17,33H,8-9,12-14H2,1-3H3,(H,32,35)(H,34,36). The summed E-state index contributed by atoms with van der Waals surface area (Å²) in [6, 6.07) is 8.01. The molecule has 0 spiro atoms. The summed E-state index contributed by atoms with van der Waals surface area (Å²) in [5, 5.41) is 6.01. The Kier molecular flexibility index (Phi) is 6.63. The Morgan fingerprint density at radius 3 is 2.37 bits per heavy atom. The number of aromatic amines is 1. The molecule has 3 N–H and O–H groups in total. The van der Waals surface area contributed by atoms with Crippen LogP contribution in [0.25, 0.3) is 22.2 Å². The molecular formula is C28H30F3N3O4. The van der Waals surface area contributed by atoms with Gasteiger partial charge in [0.15, 0.2) is 5.54 Å². The molecule has 2 heterocycles. The van der Waals surface area contributed by atoms with Crippen LogP contribution >= 0.6 is 0 Å². The summed E-state index contributed by atoms with van der Waals surface area (Å²) in [6.07, 6.45) is 0.678. The highest BCUT2D eigenvalue weighted by molar-refractivity contribution is 5.92. The van der Waals surface area contributed by atoms with E-state index in [0.717, 1.165) is 11.6 Å². The van der Waals surface area contributed by atoms with Gasteiger partial charge in [-0.2, -0.15) is 0 Å². The Morgan fingerprint density at radius 2 is 1.76 bits per heavy atom.